The second kappa shape index (κ2) is 6.60. The third-order valence-electron chi connectivity index (χ3n) is 3.88. The Bertz CT molecular complexity index is 611. The molecule has 112 valence electrons. The molecule has 0 aliphatic carbocycles. The lowest BCUT2D eigenvalue weighted by molar-refractivity contribution is -0.145. The van der Waals surface area contributed by atoms with Crippen molar-refractivity contribution in [1.82, 2.24) is 4.90 Å². The van der Waals surface area contributed by atoms with Gasteiger partial charge in [-0.1, -0.05) is 6.42 Å². The van der Waals surface area contributed by atoms with Gasteiger partial charge in [-0.3, -0.25) is 9.69 Å². The molecule has 1 saturated heterocycles. The highest BCUT2D eigenvalue weighted by atomic mass is 79.9. The Morgan fingerprint density at radius 2 is 2.24 bits per heavy atom. The maximum atomic E-state index is 11.6. The van der Waals surface area contributed by atoms with Crippen LogP contribution in [0.1, 0.15) is 35.7 Å². The monoisotopic (exact) mass is 385 g/mol. The number of nitrogens with zero attached hydrogens (tertiary/aromatic N) is 1. The fourth-order valence-electron chi connectivity index (χ4n) is 2.95. The van der Waals surface area contributed by atoms with Gasteiger partial charge in [0.2, 0.25) is 0 Å². The van der Waals surface area contributed by atoms with Crippen LogP contribution >= 0.6 is 38.6 Å². The van der Waals surface area contributed by atoms with Gasteiger partial charge in [0.1, 0.15) is 6.04 Å². The number of hydrogen-bond acceptors (Lipinski definition) is 4. The van der Waals surface area contributed by atoms with Gasteiger partial charge in [-0.25, -0.2) is 0 Å². The zero-order valence-corrected chi connectivity index (χ0v) is 14.6. The van der Waals surface area contributed by atoms with Gasteiger partial charge in [-0.15, -0.1) is 11.3 Å². The Morgan fingerprint density at radius 3 is 2.86 bits per heavy atom. The number of piperidine rings is 1. The van der Waals surface area contributed by atoms with Crippen molar-refractivity contribution in [1.29, 1.82) is 0 Å². The van der Waals surface area contributed by atoms with Crippen LogP contribution in [-0.4, -0.2) is 28.6 Å². The van der Waals surface area contributed by atoms with Crippen molar-refractivity contribution in [2.24, 2.45) is 0 Å². The molecule has 3 rings (SSSR count). The normalized spacial score (nSPS) is 21.3. The third-order valence-corrected chi connectivity index (χ3v) is 6.26. The number of rotatable bonds is 4. The van der Waals surface area contributed by atoms with E-state index in [1.54, 1.807) is 22.7 Å². The summed E-state index contributed by atoms with van der Waals surface area (Å²) in [7, 11) is 0. The molecule has 2 atom stereocenters. The second-order valence-corrected chi connectivity index (χ2v) is 8.46. The number of thiophene rings is 2. The predicted octanol–water partition coefficient (Wildman–Crippen LogP) is 4.60. The lowest BCUT2D eigenvalue weighted by Gasteiger charge is -2.38. The van der Waals surface area contributed by atoms with Gasteiger partial charge in [0.15, 0.2) is 0 Å². The number of carboxylic acids is 1. The molecule has 1 fully saturated rings. The van der Waals surface area contributed by atoms with E-state index in [0.29, 0.717) is 0 Å². The second-order valence-electron chi connectivity index (χ2n) is 5.19. The van der Waals surface area contributed by atoms with Crippen LogP contribution in [0, 0.1) is 0 Å². The Kier molecular flexibility index (Phi) is 4.78. The number of aliphatic carboxylic acids is 1. The topological polar surface area (TPSA) is 40.5 Å². The van der Waals surface area contributed by atoms with Gasteiger partial charge in [-0.2, -0.15) is 11.3 Å². The standard InChI is InChI=1S/C15H16BrNO2S2/c16-13-5-4-12(21-13)14(10-6-8-20-9-10)17-7-2-1-3-11(17)15(18)19/h4-6,8-9,11,14H,1-3,7H2,(H,18,19). The molecule has 0 radical (unpaired) electrons. The number of carbonyl (C=O) groups is 1. The number of hydrogen-bond donors (Lipinski definition) is 1. The largest absolute Gasteiger partial charge is 0.480 e. The molecule has 1 N–H and O–H groups in total. The van der Waals surface area contributed by atoms with Crippen LogP contribution in [0.25, 0.3) is 0 Å². The minimum Gasteiger partial charge on any atom is -0.480 e. The van der Waals surface area contributed by atoms with Crippen molar-refractivity contribution in [3.8, 4) is 0 Å². The first-order chi connectivity index (χ1) is 10.2. The van der Waals surface area contributed by atoms with Crippen molar-refractivity contribution in [3.63, 3.8) is 0 Å². The Labute approximate surface area is 140 Å². The molecule has 3 nitrogen and oxygen atoms in total. The van der Waals surface area contributed by atoms with E-state index in [1.165, 1.54) is 10.4 Å². The van der Waals surface area contributed by atoms with Gasteiger partial charge in [0.05, 0.1) is 9.83 Å². The molecule has 2 aromatic rings. The first kappa shape index (κ1) is 15.2. The van der Waals surface area contributed by atoms with Gasteiger partial charge in [0, 0.05) is 4.88 Å². The van der Waals surface area contributed by atoms with E-state index in [9.17, 15) is 9.90 Å². The molecule has 21 heavy (non-hydrogen) atoms. The van der Waals surface area contributed by atoms with E-state index in [4.69, 9.17) is 0 Å². The maximum Gasteiger partial charge on any atom is 0.320 e. The molecule has 1 aliphatic rings. The van der Waals surface area contributed by atoms with Crippen molar-refractivity contribution < 1.29 is 9.90 Å². The summed E-state index contributed by atoms with van der Waals surface area (Å²) in [6.45, 7) is 0.840. The van der Waals surface area contributed by atoms with Gasteiger partial charge < -0.3 is 5.11 Å². The molecule has 0 saturated carbocycles. The lowest BCUT2D eigenvalue weighted by atomic mass is 9.96. The fraction of sp³-hybridized carbons (Fsp3) is 0.400. The molecule has 2 aromatic heterocycles. The highest BCUT2D eigenvalue weighted by molar-refractivity contribution is 9.11. The highest BCUT2D eigenvalue weighted by Crippen LogP contribution is 2.39. The van der Waals surface area contributed by atoms with Crippen LogP contribution in [0.3, 0.4) is 0 Å². The van der Waals surface area contributed by atoms with Crippen LogP contribution in [0.5, 0.6) is 0 Å². The molecular weight excluding hydrogens is 370 g/mol. The van der Waals surface area contributed by atoms with Crippen LogP contribution in [-0.2, 0) is 4.79 Å². The van der Waals surface area contributed by atoms with Crippen molar-refractivity contribution in [3.05, 3.63) is 43.2 Å². The predicted molar refractivity (Wildman–Crippen MR) is 90.2 cm³/mol. The summed E-state index contributed by atoms with van der Waals surface area (Å²) in [6.07, 6.45) is 2.80. The summed E-state index contributed by atoms with van der Waals surface area (Å²) < 4.78 is 1.08. The molecule has 3 heterocycles. The Balaban J connectivity index is 2.00. The maximum absolute atomic E-state index is 11.6. The number of halogens is 1. The zero-order chi connectivity index (χ0) is 14.8. The molecule has 0 spiro atoms. The quantitative estimate of drug-likeness (QED) is 0.835. The summed E-state index contributed by atoms with van der Waals surface area (Å²) in [5, 5.41) is 13.8. The molecule has 0 aromatic carbocycles. The van der Waals surface area contributed by atoms with Gasteiger partial charge in [0.25, 0.3) is 0 Å². The SMILES string of the molecule is O=C(O)C1CCCCN1C(c1ccsc1)c1ccc(Br)s1. The molecule has 6 heteroatoms. The third kappa shape index (κ3) is 3.23. The van der Waals surface area contributed by atoms with E-state index < -0.39 is 5.97 Å². The van der Waals surface area contributed by atoms with E-state index in [1.807, 2.05) is 6.07 Å². The summed E-state index contributed by atoms with van der Waals surface area (Å²) in [6, 6.07) is 5.92. The van der Waals surface area contributed by atoms with Crippen LogP contribution in [0.15, 0.2) is 32.7 Å². The number of likely N-dealkylation sites (tertiary alicyclic amines) is 1. The van der Waals surface area contributed by atoms with E-state index in [0.717, 1.165) is 29.6 Å². The van der Waals surface area contributed by atoms with E-state index in [2.05, 4.69) is 43.7 Å². The van der Waals surface area contributed by atoms with Crippen molar-refractivity contribution in [2.75, 3.05) is 6.54 Å². The van der Waals surface area contributed by atoms with Crippen LogP contribution in [0.4, 0.5) is 0 Å². The summed E-state index contributed by atoms with van der Waals surface area (Å²) in [4.78, 5) is 15.0. The van der Waals surface area contributed by atoms with Crippen LogP contribution < -0.4 is 0 Å². The molecular formula is C15H16BrNO2S2. The Hall–Kier alpha value is -0.690. The molecule has 0 amide bonds. The van der Waals surface area contributed by atoms with Crippen molar-refractivity contribution >= 4 is 44.6 Å². The lowest BCUT2D eigenvalue weighted by Crippen LogP contribution is -2.46. The average molecular weight is 386 g/mol. The summed E-state index contributed by atoms with van der Waals surface area (Å²) in [5.74, 6) is -0.703. The van der Waals surface area contributed by atoms with Crippen LogP contribution in [0.2, 0.25) is 0 Å². The minimum absolute atomic E-state index is 0.0500. The van der Waals surface area contributed by atoms with E-state index >= 15 is 0 Å². The van der Waals surface area contributed by atoms with Gasteiger partial charge >= 0.3 is 5.97 Å². The first-order valence-corrected chi connectivity index (χ1v) is 9.48. The van der Waals surface area contributed by atoms with Gasteiger partial charge in [-0.05, 0) is 69.8 Å². The fourth-order valence-corrected chi connectivity index (χ4v) is 5.21. The molecule has 1 aliphatic heterocycles. The smallest absolute Gasteiger partial charge is 0.320 e. The summed E-state index contributed by atoms with van der Waals surface area (Å²) >= 11 is 6.87. The molecule has 2 unspecified atom stereocenters. The minimum atomic E-state index is -0.703. The number of carboxylic acid groups (broad SMARTS) is 1. The van der Waals surface area contributed by atoms with Crippen molar-refractivity contribution in [2.45, 2.75) is 31.3 Å². The molecule has 0 bridgehead atoms. The zero-order valence-electron chi connectivity index (χ0n) is 11.4. The average Bonchev–Trinajstić information content (AvgIpc) is 3.12. The summed E-state index contributed by atoms with van der Waals surface area (Å²) in [5.41, 5.74) is 1.20. The first-order valence-electron chi connectivity index (χ1n) is 6.92. The Morgan fingerprint density at radius 1 is 1.38 bits per heavy atom. The van der Waals surface area contributed by atoms with E-state index in [-0.39, 0.29) is 12.1 Å². The highest BCUT2D eigenvalue weighted by Gasteiger charge is 2.35.